The van der Waals surface area contributed by atoms with E-state index in [1.807, 2.05) is 18.2 Å². The highest BCUT2D eigenvalue weighted by Gasteiger charge is 2.34. The third-order valence-electron chi connectivity index (χ3n) is 3.08. The minimum Gasteiger partial charge on any atom is -0.462 e. The van der Waals surface area contributed by atoms with Crippen molar-refractivity contribution in [1.29, 1.82) is 0 Å². The Morgan fingerprint density at radius 2 is 1.86 bits per heavy atom. The molecule has 0 spiro atoms. The number of hydrogen-bond acceptors (Lipinski definition) is 3. The van der Waals surface area contributed by atoms with Crippen LogP contribution in [0.15, 0.2) is 30.3 Å². The first kappa shape index (κ1) is 17.8. The van der Waals surface area contributed by atoms with Gasteiger partial charge in [0.05, 0.1) is 6.61 Å². The van der Waals surface area contributed by atoms with Crippen LogP contribution in [0.4, 0.5) is 0 Å². The molecule has 0 N–H and O–H groups in total. The Labute approximate surface area is 132 Å². The van der Waals surface area contributed by atoms with Crippen molar-refractivity contribution in [1.82, 2.24) is 0 Å². The maximum Gasteiger partial charge on any atom is 0.366 e. The molecule has 0 bridgehead atoms. The van der Waals surface area contributed by atoms with Crippen LogP contribution in [0.25, 0.3) is 0 Å². The second-order valence-electron chi connectivity index (χ2n) is 5.71. The molecule has 4 heteroatoms. The molecule has 0 aliphatic rings. The molecule has 1 rings (SSSR count). The molecule has 0 amide bonds. The summed E-state index contributed by atoms with van der Waals surface area (Å²) in [6, 6.07) is 9.01. The third kappa shape index (κ3) is 7.37. The van der Waals surface area contributed by atoms with E-state index in [0.717, 1.165) is 25.2 Å². The molecule has 0 aliphatic carbocycles. The summed E-state index contributed by atoms with van der Waals surface area (Å²) in [7, 11) is 0. The van der Waals surface area contributed by atoms with Crippen molar-refractivity contribution >= 4 is 17.6 Å². The molecule has 0 saturated heterocycles. The molecule has 1 unspecified atom stereocenters. The standard InChI is InChI=1S/C17H25ClO3/c1-14(2)10-6-5-9-13-20-16(19)17(3,18)21-15-11-7-4-8-12-15/h4,7-8,11-12,14H,5-6,9-10,13H2,1-3H3. The summed E-state index contributed by atoms with van der Waals surface area (Å²) in [5.41, 5.74) is 0. The summed E-state index contributed by atoms with van der Waals surface area (Å²) in [5, 5.41) is -1.49. The van der Waals surface area contributed by atoms with E-state index in [9.17, 15) is 4.79 Å². The average molecular weight is 313 g/mol. The van der Waals surface area contributed by atoms with Crippen molar-refractivity contribution in [2.24, 2.45) is 5.92 Å². The summed E-state index contributed by atoms with van der Waals surface area (Å²) in [5.74, 6) is 0.721. The lowest BCUT2D eigenvalue weighted by atomic mass is 10.1. The van der Waals surface area contributed by atoms with E-state index in [-0.39, 0.29) is 0 Å². The molecule has 0 heterocycles. The number of halogens is 1. The second-order valence-corrected chi connectivity index (χ2v) is 6.43. The van der Waals surface area contributed by atoms with E-state index in [1.165, 1.54) is 13.3 Å². The van der Waals surface area contributed by atoms with Crippen molar-refractivity contribution in [3.8, 4) is 5.75 Å². The maximum atomic E-state index is 11.9. The van der Waals surface area contributed by atoms with E-state index in [4.69, 9.17) is 21.1 Å². The van der Waals surface area contributed by atoms with Gasteiger partial charge in [-0.2, -0.15) is 0 Å². The predicted octanol–water partition coefficient (Wildman–Crippen LogP) is 4.78. The Kier molecular flexibility index (Phi) is 7.58. The number of hydrogen-bond donors (Lipinski definition) is 0. The van der Waals surface area contributed by atoms with Crippen molar-refractivity contribution in [2.75, 3.05) is 6.61 Å². The maximum absolute atomic E-state index is 11.9. The fourth-order valence-electron chi connectivity index (χ4n) is 1.88. The molecule has 21 heavy (non-hydrogen) atoms. The van der Waals surface area contributed by atoms with E-state index in [0.29, 0.717) is 12.4 Å². The van der Waals surface area contributed by atoms with Gasteiger partial charge in [-0.15, -0.1) is 0 Å². The molecule has 0 aliphatic heterocycles. The van der Waals surface area contributed by atoms with Crippen LogP contribution >= 0.6 is 11.6 Å². The Balaban J connectivity index is 2.27. The number of esters is 1. The van der Waals surface area contributed by atoms with E-state index in [1.54, 1.807) is 12.1 Å². The number of rotatable bonds is 9. The van der Waals surface area contributed by atoms with Crippen molar-refractivity contribution in [3.05, 3.63) is 30.3 Å². The second kappa shape index (κ2) is 8.93. The predicted molar refractivity (Wildman–Crippen MR) is 85.6 cm³/mol. The minimum absolute atomic E-state index is 0.386. The topological polar surface area (TPSA) is 35.5 Å². The first-order valence-electron chi connectivity index (χ1n) is 7.52. The summed E-state index contributed by atoms with van der Waals surface area (Å²) in [4.78, 5) is 11.9. The Bertz CT molecular complexity index is 415. The molecule has 118 valence electrons. The van der Waals surface area contributed by atoms with Crippen LogP contribution in [0.2, 0.25) is 0 Å². The van der Waals surface area contributed by atoms with Crippen LogP contribution < -0.4 is 4.74 Å². The SMILES string of the molecule is CC(C)CCCCCOC(=O)C(C)(Cl)Oc1ccccc1. The average Bonchev–Trinajstić information content (AvgIpc) is 2.42. The fourth-order valence-corrected chi connectivity index (χ4v) is 2.02. The van der Waals surface area contributed by atoms with Gasteiger partial charge in [-0.05, 0) is 24.5 Å². The number of ether oxygens (including phenoxy) is 2. The van der Waals surface area contributed by atoms with E-state index in [2.05, 4.69) is 13.8 Å². The zero-order valence-corrected chi connectivity index (χ0v) is 13.9. The van der Waals surface area contributed by atoms with Gasteiger partial charge in [0.25, 0.3) is 5.06 Å². The van der Waals surface area contributed by atoms with Crippen LogP contribution in [0.5, 0.6) is 5.75 Å². The molecule has 0 saturated carbocycles. The van der Waals surface area contributed by atoms with Gasteiger partial charge in [0.15, 0.2) is 0 Å². The quantitative estimate of drug-likeness (QED) is 0.374. The zero-order valence-electron chi connectivity index (χ0n) is 13.1. The largest absolute Gasteiger partial charge is 0.462 e. The first-order chi connectivity index (χ1) is 9.92. The summed E-state index contributed by atoms with van der Waals surface area (Å²) >= 11 is 6.11. The molecular formula is C17H25ClO3. The van der Waals surface area contributed by atoms with E-state index < -0.39 is 11.0 Å². The highest BCUT2D eigenvalue weighted by Crippen LogP contribution is 2.23. The first-order valence-corrected chi connectivity index (χ1v) is 7.90. The van der Waals surface area contributed by atoms with Crippen LogP contribution in [0.1, 0.15) is 46.5 Å². The smallest absolute Gasteiger partial charge is 0.366 e. The van der Waals surface area contributed by atoms with Gasteiger partial charge in [0.1, 0.15) is 5.75 Å². The summed E-state index contributed by atoms with van der Waals surface area (Å²) in [6.07, 6.45) is 4.28. The molecule has 0 fully saturated rings. The number of carbonyl (C=O) groups excluding carboxylic acids is 1. The van der Waals surface area contributed by atoms with Gasteiger partial charge in [-0.25, -0.2) is 4.79 Å². The van der Waals surface area contributed by atoms with Crippen molar-refractivity contribution in [2.45, 2.75) is 51.5 Å². The number of alkyl halides is 1. The molecule has 3 nitrogen and oxygen atoms in total. The summed E-state index contributed by atoms with van der Waals surface area (Å²) < 4.78 is 10.7. The highest BCUT2D eigenvalue weighted by molar-refractivity contribution is 6.32. The number of para-hydroxylation sites is 1. The van der Waals surface area contributed by atoms with Gasteiger partial charge in [0.2, 0.25) is 0 Å². The normalized spacial score (nSPS) is 13.8. The van der Waals surface area contributed by atoms with Crippen LogP contribution in [0.3, 0.4) is 0 Å². The van der Waals surface area contributed by atoms with Crippen LogP contribution in [-0.2, 0) is 9.53 Å². The van der Waals surface area contributed by atoms with Crippen molar-refractivity contribution < 1.29 is 14.3 Å². The van der Waals surface area contributed by atoms with Gasteiger partial charge >= 0.3 is 5.97 Å². The van der Waals surface area contributed by atoms with Crippen LogP contribution in [-0.4, -0.2) is 17.6 Å². The Morgan fingerprint density at radius 1 is 1.19 bits per heavy atom. The van der Waals surface area contributed by atoms with Gasteiger partial charge < -0.3 is 9.47 Å². The lowest BCUT2D eigenvalue weighted by molar-refractivity contribution is -0.154. The molecule has 1 aromatic carbocycles. The Morgan fingerprint density at radius 3 is 2.48 bits per heavy atom. The lowest BCUT2D eigenvalue weighted by Crippen LogP contribution is -2.37. The fraction of sp³-hybridized carbons (Fsp3) is 0.588. The van der Waals surface area contributed by atoms with E-state index >= 15 is 0 Å². The lowest BCUT2D eigenvalue weighted by Gasteiger charge is -2.21. The number of carbonyl (C=O) groups is 1. The molecule has 0 aromatic heterocycles. The van der Waals surface area contributed by atoms with Crippen LogP contribution in [0, 0.1) is 5.92 Å². The zero-order chi connectivity index (χ0) is 15.7. The number of unbranched alkanes of at least 4 members (excludes halogenated alkanes) is 2. The van der Waals surface area contributed by atoms with Gasteiger partial charge in [-0.3, -0.25) is 0 Å². The Hall–Kier alpha value is -1.22. The minimum atomic E-state index is -1.49. The summed E-state index contributed by atoms with van der Waals surface area (Å²) in [6.45, 7) is 6.31. The monoisotopic (exact) mass is 312 g/mol. The van der Waals surface area contributed by atoms with Gasteiger partial charge in [-0.1, -0.05) is 62.9 Å². The molecule has 1 aromatic rings. The molecule has 0 radical (unpaired) electrons. The van der Waals surface area contributed by atoms with Gasteiger partial charge in [0, 0.05) is 6.92 Å². The molecular weight excluding hydrogens is 288 g/mol. The third-order valence-corrected chi connectivity index (χ3v) is 3.31. The number of benzene rings is 1. The van der Waals surface area contributed by atoms with Crippen molar-refractivity contribution in [3.63, 3.8) is 0 Å². The highest BCUT2D eigenvalue weighted by atomic mass is 35.5. The molecule has 1 atom stereocenters.